The number of esters is 1. The van der Waals surface area contributed by atoms with Gasteiger partial charge in [0, 0.05) is 24.9 Å². The van der Waals surface area contributed by atoms with Crippen molar-refractivity contribution in [1.29, 1.82) is 0 Å². The molecule has 12 nitrogen and oxygen atoms in total. The second-order valence-electron chi connectivity index (χ2n) is 12.4. The molecule has 2 aliphatic heterocycles. The molecule has 4 unspecified atom stereocenters. The number of likely N-dealkylation sites (tertiary alicyclic amines) is 1. The van der Waals surface area contributed by atoms with Crippen LogP contribution in [0.25, 0.3) is 6.08 Å². The van der Waals surface area contributed by atoms with Gasteiger partial charge < -0.3 is 14.2 Å². The molecule has 5 amide bonds. The molecule has 3 aliphatic rings. The van der Waals surface area contributed by atoms with Crippen molar-refractivity contribution >= 4 is 53.1 Å². The molecule has 2 heterocycles. The molecule has 1 aliphatic carbocycles. The van der Waals surface area contributed by atoms with Crippen LogP contribution in [0, 0.1) is 30.6 Å². The molecule has 1 saturated carbocycles. The first kappa shape index (κ1) is 37.5. The fourth-order valence-corrected chi connectivity index (χ4v) is 6.31. The number of alkyl halides is 7. The summed E-state index contributed by atoms with van der Waals surface area (Å²) >= 11 is 0. The van der Waals surface area contributed by atoms with Crippen molar-refractivity contribution in [2.24, 2.45) is 23.7 Å². The van der Waals surface area contributed by atoms with E-state index in [1.54, 1.807) is 6.92 Å². The van der Waals surface area contributed by atoms with Gasteiger partial charge in [-0.1, -0.05) is 12.1 Å². The highest BCUT2D eigenvalue weighted by Gasteiger charge is 2.76. The molecule has 0 spiro atoms. The molecule has 6 rings (SSSR count). The van der Waals surface area contributed by atoms with Crippen LogP contribution in [-0.2, 0) is 24.0 Å². The molecule has 3 aromatic rings. The molecule has 3 fully saturated rings. The SMILES string of the molecule is Cc1cc(OC(=O)/C=C/c2ccc(OC(=O)Nc3ccc(OC(F)(F)C(F)(F)C(F)(F)F)cc3)cc2)cc(N2C(=O)C3C4C(=O)N(C)C(=O)C4C3C2=O)c1. The summed E-state index contributed by atoms with van der Waals surface area (Å²) in [6, 6.07) is 12.9. The van der Waals surface area contributed by atoms with E-state index >= 15 is 0 Å². The van der Waals surface area contributed by atoms with Crippen molar-refractivity contribution < 1.29 is 73.7 Å². The second-order valence-corrected chi connectivity index (χ2v) is 12.4. The first-order valence-corrected chi connectivity index (χ1v) is 15.6. The lowest BCUT2D eigenvalue weighted by Gasteiger charge is -2.36. The number of halogens is 7. The van der Waals surface area contributed by atoms with Crippen LogP contribution >= 0.6 is 0 Å². The van der Waals surface area contributed by atoms with Gasteiger partial charge in [-0.25, -0.2) is 14.5 Å². The lowest BCUT2D eigenvalue weighted by molar-refractivity contribution is -0.402. The molecule has 54 heavy (non-hydrogen) atoms. The van der Waals surface area contributed by atoms with Gasteiger partial charge in [0.05, 0.1) is 29.4 Å². The van der Waals surface area contributed by atoms with Gasteiger partial charge in [-0.3, -0.25) is 29.4 Å². The Morgan fingerprint density at radius 1 is 0.704 bits per heavy atom. The van der Waals surface area contributed by atoms with Gasteiger partial charge in [-0.15, -0.1) is 0 Å². The number of imide groups is 2. The summed E-state index contributed by atoms with van der Waals surface area (Å²) in [5, 5.41) is 2.19. The smallest absolute Gasteiger partial charge is 0.428 e. The molecular formula is C35H24F7N3O9. The largest absolute Gasteiger partial charge is 0.474 e. The topological polar surface area (TPSA) is 149 Å². The third kappa shape index (κ3) is 6.60. The van der Waals surface area contributed by atoms with Crippen LogP contribution in [-0.4, -0.2) is 65.8 Å². The number of anilines is 2. The van der Waals surface area contributed by atoms with Crippen LogP contribution in [0.1, 0.15) is 11.1 Å². The Morgan fingerprint density at radius 3 is 1.80 bits per heavy atom. The maximum atomic E-state index is 13.5. The highest BCUT2D eigenvalue weighted by molar-refractivity contribution is 6.27. The number of nitrogens with zero attached hydrogens (tertiary/aromatic N) is 2. The zero-order valence-electron chi connectivity index (χ0n) is 27.5. The van der Waals surface area contributed by atoms with Gasteiger partial charge >= 0.3 is 30.3 Å². The van der Waals surface area contributed by atoms with Gasteiger partial charge in [0.1, 0.15) is 17.2 Å². The molecular weight excluding hydrogens is 739 g/mol. The van der Waals surface area contributed by atoms with Gasteiger partial charge in [0.25, 0.3) is 0 Å². The summed E-state index contributed by atoms with van der Waals surface area (Å²) in [4.78, 5) is 78.2. The zero-order chi connectivity index (χ0) is 39.5. The zero-order valence-corrected chi connectivity index (χ0v) is 27.5. The Morgan fingerprint density at radius 2 is 1.24 bits per heavy atom. The molecule has 1 N–H and O–H groups in total. The first-order valence-electron chi connectivity index (χ1n) is 15.6. The molecule has 0 radical (unpaired) electrons. The fourth-order valence-electron chi connectivity index (χ4n) is 6.31. The van der Waals surface area contributed by atoms with E-state index in [1.807, 2.05) is 0 Å². The van der Waals surface area contributed by atoms with Crippen molar-refractivity contribution in [2.45, 2.75) is 25.1 Å². The summed E-state index contributed by atoms with van der Waals surface area (Å²) in [7, 11) is 1.31. The van der Waals surface area contributed by atoms with E-state index in [-0.39, 0.29) is 22.9 Å². The minimum atomic E-state index is -6.58. The number of ether oxygens (including phenoxy) is 3. The summed E-state index contributed by atoms with van der Waals surface area (Å²) in [5.74, 6) is -14.3. The van der Waals surface area contributed by atoms with Crippen LogP contribution in [0.4, 0.5) is 46.9 Å². The normalized spacial score (nSPS) is 21.2. The Balaban J connectivity index is 1.02. The van der Waals surface area contributed by atoms with E-state index in [2.05, 4.69) is 10.1 Å². The van der Waals surface area contributed by atoms with Crippen molar-refractivity contribution in [3.8, 4) is 17.2 Å². The van der Waals surface area contributed by atoms with Crippen molar-refractivity contribution in [3.63, 3.8) is 0 Å². The van der Waals surface area contributed by atoms with Crippen LogP contribution < -0.4 is 24.4 Å². The van der Waals surface area contributed by atoms with E-state index in [0.29, 0.717) is 23.3 Å². The third-order valence-corrected chi connectivity index (χ3v) is 8.87. The number of fused-ring (bicyclic) bond motifs is 4. The Bertz CT molecular complexity index is 2060. The van der Waals surface area contributed by atoms with Gasteiger partial charge in [-0.05, 0) is 72.7 Å². The Labute approximate surface area is 299 Å². The maximum absolute atomic E-state index is 13.5. The van der Waals surface area contributed by atoms with E-state index in [1.165, 1.54) is 55.6 Å². The van der Waals surface area contributed by atoms with Crippen molar-refractivity contribution in [2.75, 3.05) is 17.3 Å². The van der Waals surface area contributed by atoms with Crippen LogP contribution in [0.3, 0.4) is 0 Å². The summed E-state index contributed by atoms with van der Waals surface area (Å²) in [6.45, 7) is 1.64. The average molecular weight is 764 g/mol. The number of hydrogen-bond donors (Lipinski definition) is 1. The summed E-state index contributed by atoms with van der Waals surface area (Å²) in [5.41, 5.74) is 0.969. The fraction of sp³-hybridized carbons (Fsp3) is 0.257. The highest BCUT2D eigenvalue weighted by atomic mass is 19.4. The van der Waals surface area contributed by atoms with E-state index in [0.717, 1.165) is 28.0 Å². The predicted octanol–water partition coefficient (Wildman–Crippen LogP) is 5.74. The van der Waals surface area contributed by atoms with Gasteiger partial charge in [0.15, 0.2) is 0 Å². The lowest BCUT2D eigenvalue weighted by atomic mass is 9.59. The van der Waals surface area contributed by atoms with E-state index in [9.17, 15) is 59.5 Å². The van der Waals surface area contributed by atoms with E-state index in [4.69, 9.17) is 9.47 Å². The minimum Gasteiger partial charge on any atom is -0.428 e. The van der Waals surface area contributed by atoms with Crippen LogP contribution in [0.2, 0.25) is 0 Å². The number of aryl methyl sites for hydroxylation is 1. The van der Waals surface area contributed by atoms with Crippen LogP contribution in [0.15, 0.2) is 72.8 Å². The maximum Gasteiger partial charge on any atom is 0.474 e. The highest BCUT2D eigenvalue weighted by Crippen LogP contribution is 2.57. The molecule has 3 aromatic carbocycles. The standard InChI is InChI=1S/C35H24F7N3O9/c1-16-13-19(45-30(49)26-24-25(27(26)31(45)50)29(48)44(2)28(24)47)15-22(14-16)52-23(46)12-5-17-3-8-20(9-4-17)53-32(51)43-18-6-10-21(11-7-18)54-35(41,42)33(36,37)34(38,39)40/h3-15,24-27H,1-2H3,(H,43,51)/b12-5+. The number of hydrogen-bond acceptors (Lipinski definition) is 9. The predicted molar refractivity (Wildman–Crippen MR) is 169 cm³/mol. The first-order chi connectivity index (χ1) is 25.2. The number of benzene rings is 3. The monoisotopic (exact) mass is 763 g/mol. The van der Waals surface area contributed by atoms with Crippen LogP contribution in [0.5, 0.6) is 17.2 Å². The number of nitrogens with one attached hydrogen (secondary N) is 1. The summed E-state index contributed by atoms with van der Waals surface area (Å²) in [6.07, 6.45) is -11.2. The molecule has 19 heteroatoms. The average Bonchev–Trinajstić information content (AvgIpc) is 3.38. The third-order valence-electron chi connectivity index (χ3n) is 8.87. The van der Waals surface area contributed by atoms with Crippen molar-refractivity contribution in [3.05, 3.63) is 83.9 Å². The Hall–Kier alpha value is -6.27. The number of amides is 5. The molecule has 282 valence electrons. The molecule has 0 bridgehead atoms. The number of rotatable bonds is 9. The van der Waals surface area contributed by atoms with Gasteiger partial charge in [0.2, 0.25) is 23.6 Å². The van der Waals surface area contributed by atoms with E-state index < -0.39 is 83.3 Å². The second kappa shape index (κ2) is 13.3. The molecule has 2 saturated heterocycles. The minimum absolute atomic E-state index is 0.00248. The number of carbonyl (C=O) groups excluding carboxylic acids is 6. The van der Waals surface area contributed by atoms with Gasteiger partial charge in [-0.2, -0.15) is 30.7 Å². The quantitative estimate of drug-likeness (QED) is 0.0947. The summed E-state index contributed by atoms with van der Waals surface area (Å²) < 4.78 is 104. The molecule has 0 aromatic heterocycles. The lowest BCUT2D eigenvalue weighted by Crippen LogP contribution is -2.55. The Kier molecular flexibility index (Phi) is 9.23. The molecule has 4 atom stereocenters. The van der Waals surface area contributed by atoms with Crippen molar-refractivity contribution in [1.82, 2.24) is 4.90 Å². The number of carbonyl (C=O) groups is 6.